The Morgan fingerprint density at radius 1 is 1.55 bits per heavy atom. The molecule has 0 radical (unpaired) electrons. The minimum atomic E-state index is -0.389. The smallest absolute Gasteiger partial charge is 0.409 e. The fourth-order valence-electron chi connectivity index (χ4n) is 1.89. The molecule has 2 N–H and O–H groups in total. The Morgan fingerprint density at radius 2 is 2.20 bits per heavy atom. The van der Waals surface area contributed by atoms with Crippen molar-refractivity contribution in [2.24, 2.45) is 5.92 Å². The zero-order chi connectivity index (χ0) is 15.0. The van der Waals surface area contributed by atoms with Crippen LogP contribution in [0.5, 0.6) is 0 Å². The zero-order valence-corrected chi connectivity index (χ0v) is 12.1. The third-order valence-electron chi connectivity index (χ3n) is 3.16. The molecule has 1 amide bonds. The van der Waals surface area contributed by atoms with Crippen molar-refractivity contribution in [3.63, 3.8) is 0 Å². The first kappa shape index (κ1) is 16.0. The van der Waals surface area contributed by atoms with Crippen LogP contribution in [0.2, 0.25) is 0 Å². The van der Waals surface area contributed by atoms with Crippen molar-refractivity contribution >= 4 is 12.3 Å². The van der Waals surface area contributed by atoms with Gasteiger partial charge in [-0.25, -0.2) is 4.79 Å². The van der Waals surface area contributed by atoms with Crippen LogP contribution in [0, 0.1) is 22.7 Å². The number of likely N-dealkylation sites (tertiary alicyclic amines) is 1. The summed E-state index contributed by atoms with van der Waals surface area (Å²) in [6.45, 7) is 5.23. The minimum absolute atomic E-state index is 0.0587. The summed E-state index contributed by atoms with van der Waals surface area (Å²) in [4.78, 5) is 13.6. The van der Waals surface area contributed by atoms with Gasteiger partial charge in [0, 0.05) is 25.2 Å². The van der Waals surface area contributed by atoms with Gasteiger partial charge in [0.1, 0.15) is 6.61 Å². The first-order chi connectivity index (χ1) is 9.48. The van der Waals surface area contributed by atoms with Crippen molar-refractivity contribution in [3.8, 4) is 6.07 Å². The molecular weight excluding hydrogens is 256 g/mol. The second kappa shape index (κ2) is 7.53. The topological polar surface area (TPSA) is 89.2 Å². The molecule has 0 aliphatic carbocycles. The van der Waals surface area contributed by atoms with E-state index in [-0.39, 0.29) is 24.2 Å². The van der Waals surface area contributed by atoms with E-state index in [1.165, 1.54) is 6.21 Å². The lowest BCUT2D eigenvalue weighted by Gasteiger charge is -2.30. The number of allylic oxidation sites excluding steroid dienone is 1. The zero-order valence-electron chi connectivity index (χ0n) is 12.1. The van der Waals surface area contributed by atoms with Gasteiger partial charge in [0.2, 0.25) is 0 Å². The highest BCUT2D eigenvalue weighted by atomic mass is 16.6. The molecule has 0 unspecified atom stereocenters. The molecule has 0 atom stereocenters. The third kappa shape index (κ3) is 5.31. The summed E-state index contributed by atoms with van der Waals surface area (Å²) in [7, 11) is 0. The molecule has 0 bridgehead atoms. The highest BCUT2D eigenvalue weighted by molar-refractivity contribution is 5.68. The van der Waals surface area contributed by atoms with Gasteiger partial charge in [0.15, 0.2) is 0 Å². The van der Waals surface area contributed by atoms with Crippen LogP contribution >= 0.6 is 0 Å². The summed E-state index contributed by atoms with van der Waals surface area (Å²) in [5.74, 6) is 0.0587. The van der Waals surface area contributed by atoms with Gasteiger partial charge >= 0.3 is 6.09 Å². The lowest BCUT2D eigenvalue weighted by molar-refractivity contribution is 0.0730. The summed E-state index contributed by atoms with van der Waals surface area (Å²) in [5, 5.41) is 18.8. The molecule has 0 aromatic heterocycles. The maximum atomic E-state index is 11.9. The molecule has 1 aliphatic heterocycles. The van der Waals surface area contributed by atoms with Crippen molar-refractivity contribution in [2.75, 3.05) is 19.7 Å². The number of nitriles is 1. The van der Waals surface area contributed by atoms with E-state index in [0.717, 1.165) is 12.8 Å². The van der Waals surface area contributed by atoms with Crippen molar-refractivity contribution in [1.29, 1.82) is 10.7 Å². The average Bonchev–Trinajstić information content (AvgIpc) is 2.45. The SMILES string of the molecule is CC(C)(COC(=O)N1CCC(C#N)CC1)N/C=C\C=N. The Labute approximate surface area is 119 Å². The molecule has 0 aromatic carbocycles. The van der Waals surface area contributed by atoms with E-state index in [1.54, 1.807) is 17.2 Å². The van der Waals surface area contributed by atoms with Gasteiger partial charge in [0.05, 0.1) is 11.6 Å². The molecule has 1 aliphatic rings. The van der Waals surface area contributed by atoms with Gasteiger partial charge in [0.25, 0.3) is 0 Å². The Kier molecular flexibility index (Phi) is 6.04. The third-order valence-corrected chi connectivity index (χ3v) is 3.16. The highest BCUT2D eigenvalue weighted by Crippen LogP contribution is 2.17. The Hall–Kier alpha value is -2.03. The summed E-state index contributed by atoms with van der Waals surface area (Å²) < 4.78 is 5.30. The standard InChI is InChI=1S/C14H22N4O2/c1-14(2,17-7-3-6-15)11-20-13(19)18-8-4-12(10-16)5-9-18/h3,6-7,12,15,17H,4-5,8-9,11H2,1-2H3/b7-3-,15-6?. The summed E-state index contributed by atoms with van der Waals surface area (Å²) in [5.41, 5.74) is -0.389. The molecule has 6 nitrogen and oxygen atoms in total. The normalized spacial score (nSPS) is 16.8. The van der Waals surface area contributed by atoms with E-state index >= 15 is 0 Å². The van der Waals surface area contributed by atoms with Crippen molar-refractivity contribution in [3.05, 3.63) is 12.3 Å². The van der Waals surface area contributed by atoms with Gasteiger partial charge in [-0.05, 0) is 39.0 Å². The number of nitrogens with one attached hydrogen (secondary N) is 2. The van der Waals surface area contributed by atoms with Crippen LogP contribution in [0.25, 0.3) is 0 Å². The Morgan fingerprint density at radius 3 is 2.75 bits per heavy atom. The van der Waals surface area contributed by atoms with Gasteiger partial charge in [-0.1, -0.05) is 0 Å². The Bertz CT molecular complexity index is 404. The maximum Gasteiger partial charge on any atom is 0.409 e. The van der Waals surface area contributed by atoms with E-state index < -0.39 is 0 Å². The number of hydrogen-bond acceptors (Lipinski definition) is 5. The fraction of sp³-hybridized carbons (Fsp3) is 0.643. The molecule has 6 heteroatoms. The number of carbonyl (C=O) groups is 1. The molecule has 1 saturated heterocycles. The van der Waals surface area contributed by atoms with Crippen LogP contribution in [0.1, 0.15) is 26.7 Å². The number of piperidine rings is 1. The monoisotopic (exact) mass is 278 g/mol. The quantitative estimate of drug-likeness (QED) is 0.751. The number of amides is 1. The lowest BCUT2D eigenvalue weighted by Crippen LogP contribution is -2.44. The fourth-order valence-corrected chi connectivity index (χ4v) is 1.89. The summed E-state index contributed by atoms with van der Waals surface area (Å²) >= 11 is 0. The average molecular weight is 278 g/mol. The summed E-state index contributed by atoms with van der Waals surface area (Å²) in [6, 6.07) is 2.23. The number of hydrogen-bond donors (Lipinski definition) is 2. The molecule has 1 fully saturated rings. The minimum Gasteiger partial charge on any atom is -0.447 e. The van der Waals surface area contributed by atoms with E-state index in [1.807, 2.05) is 13.8 Å². The molecule has 1 rings (SSSR count). The molecular formula is C14H22N4O2. The summed E-state index contributed by atoms with van der Waals surface area (Å²) in [6.07, 6.45) is 5.50. The van der Waals surface area contributed by atoms with Crippen LogP contribution < -0.4 is 5.32 Å². The first-order valence-corrected chi connectivity index (χ1v) is 6.73. The van der Waals surface area contributed by atoms with Crippen molar-refractivity contribution in [1.82, 2.24) is 10.2 Å². The Balaban J connectivity index is 2.34. The lowest BCUT2D eigenvalue weighted by atomic mass is 9.99. The molecule has 110 valence electrons. The first-order valence-electron chi connectivity index (χ1n) is 6.73. The van der Waals surface area contributed by atoms with Gasteiger partial charge in [-0.2, -0.15) is 5.26 Å². The molecule has 0 saturated carbocycles. The second-order valence-corrected chi connectivity index (χ2v) is 5.50. The highest BCUT2D eigenvalue weighted by Gasteiger charge is 2.25. The molecule has 0 aromatic rings. The largest absolute Gasteiger partial charge is 0.447 e. The molecule has 1 heterocycles. The van der Waals surface area contributed by atoms with Gasteiger partial charge in [-0.3, -0.25) is 0 Å². The van der Waals surface area contributed by atoms with Crippen LogP contribution in [0.3, 0.4) is 0 Å². The van der Waals surface area contributed by atoms with Crippen molar-refractivity contribution in [2.45, 2.75) is 32.2 Å². The number of ether oxygens (including phenoxy) is 1. The molecule has 20 heavy (non-hydrogen) atoms. The maximum absolute atomic E-state index is 11.9. The van der Waals surface area contributed by atoms with E-state index in [2.05, 4.69) is 11.4 Å². The van der Waals surface area contributed by atoms with Crippen LogP contribution in [0.4, 0.5) is 4.79 Å². The predicted octanol–water partition coefficient (Wildman–Crippen LogP) is 1.89. The second-order valence-electron chi connectivity index (χ2n) is 5.50. The van der Waals surface area contributed by atoms with Crippen LogP contribution in [0.15, 0.2) is 12.3 Å². The van der Waals surface area contributed by atoms with E-state index in [4.69, 9.17) is 15.4 Å². The predicted molar refractivity (Wildman–Crippen MR) is 76.4 cm³/mol. The van der Waals surface area contributed by atoms with E-state index in [9.17, 15) is 4.79 Å². The van der Waals surface area contributed by atoms with Crippen LogP contribution in [-0.4, -0.2) is 42.4 Å². The van der Waals surface area contributed by atoms with Crippen LogP contribution in [-0.2, 0) is 4.74 Å². The number of rotatable bonds is 5. The van der Waals surface area contributed by atoms with E-state index in [0.29, 0.717) is 13.1 Å². The van der Waals surface area contributed by atoms with Gasteiger partial charge in [-0.15, -0.1) is 0 Å². The number of nitrogens with zero attached hydrogens (tertiary/aromatic N) is 2. The molecule has 0 spiro atoms. The van der Waals surface area contributed by atoms with Crippen molar-refractivity contribution < 1.29 is 9.53 Å². The number of carbonyl (C=O) groups excluding carboxylic acids is 1. The van der Waals surface area contributed by atoms with Gasteiger partial charge < -0.3 is 20.4 Å².